The Morgan fingerprint density at radius 1 is 1.42 bits per heavy atom. The first-order valence-corrected chi connectivity index (χ1v) is 7.50. The van der Waals surface area contributed by atoms with Gasteiger partial charge in [0.05, 0.1) is 5.02 Å². The van der Waals surface area contributed by atoms with E-state index in [9.17, 15) is 15.2 Å². The van der Waals surface area contributed by atoms with Gasteiger partial charge in [0.25, 0.3) is 5.56 Å². The summed E-state index contributed by atoms with van der Waals surface area (Å²) in [5.74, 6) is -0.431. The second-order valence-electron chi connectivity index (χ2n) is 4.78. The van der Waals surface area contributed by atoms with E-state index in [4.69, 9.17) is 23.2 Å². The number of benzene rings is 1. The summed E-state index contributed by atoms with van der Waals surface area (Å²) in [7, 11) is 0. The first kappa shape index (κ1) is 17.7. The zero-order chi connectivity index (χ0) is 17.9. The topological polar surface area (TPSA) is 90.7 Å². The third kappa shape index (κ3) is 3.32. The molecule has 0 aliphatic rings. The fraction of sp³-hybridized carbons (Fsp3) is 0.125. The van der Waals surface area contributed by atoms with Gasteiger partial charge in [-0.25, -0.2) is 0 Å². The van der Waals surface area contributed by atoms with E-state index in [0.29, 0.717) is 10.0 Å². The molecule has 0 bridgehead atoms. The molecule has 1 heterocycles. The Kier molecular flexibility index (Phi) is 5.39. The number of nitriles is 1. The number of hydrogen-bond acceptors (Lipinski definition) is 5. The second kappa shape index (κ2) is 7.30. The zero-order valence-electron chi connectivity index (χ0n) is 12.6. The number of pyridine rings is 1. The molecule has 0 spiro atoms. The van der Waals surface area contributed by atoms with Gasteiger partial charge in [-0.05, 0) is 25.1 Å². The molecule has 2 aromatic rings. The molecule has 1 aromatic heterocycles. The predicted octanol–water partition coefficient (Wildman–Crippen LogP) is 4.64. The Morgan fingerprint density at radius 2 is 2.12 bits per heavy atom. The minimum Gasteiger partial charge on any atom is -0.493 e. The van der Waals surface area contributed by atoms with Crippen molar-refractivity contribution in [3.63, 3.8) is 0 Å². The van der Waals surface area contributed by atoms with Crippen LogP contribution >= 0.6 is 23.2 Å². The Morgan fingerprint density at radius 3 is 2.75 bits per heavy atom. The maximum absolute atomic E-state index is 12.5. The molecule has 6 nitrogen and oxygen atoms in total. The average Bonchev–Trinajstić information content (AvgIpc) is 2.55. The monoisotopic (exact) mass is 362 g/mol. The lowest BCUT2D eigenvalue weighted by Gasteiger charge is -2.11. The first-order valence-electron chi connectivity index (χ1n) is 6.74. The normalized spacial score (nSPS) is 10.8. The maximum atomic E-state index is 12.5. The van der Waals surface area contributed by atoms with Crippen molar-refractivity contribution in [2.75, 3.05) is 0 Å². The van der Waals surface area contributed by atoms with E-state index in [1.807, 2.05) is 6.07 Å². The summed E-state index contributed by atoms with van der Waals surface area (Å²) in [4.78, 5) is 12.5. The van der Waals surface area contributed by atoms with E-state index >= 15 is 0 Å². The molecule has 0 unspecified atom stereocenters. The number of nitrogens with zero attached hydrogens (tertiary/aromatic N) is 4. The van der Waals surface area contributed by atoms with Gasteiger partial charge >= 0.3 is 0 Å². The summed E-state index contributed by atoms with van der Waals surface area (Å²) in [6.45, 7) is 5.05. The van der Waals surface area contributed by atoms with E-state index in [2.05, 4.69) is 16.8 Å². The molecule has 1 aromatic carbocycles. The van der Waals surface area contributed by atoms with Crippen LogP contribution in [0, 0.1) is 18.3 Å². The quantitative estimate of drug-likeness (QED) is 0.634. The number of halogens is 2. The van der Waals surface area contributed by atoms with Crippen molar-refractivity contribution in [1.82, 2.24) is 4.57 Å². The number of azo groups is 1. The standard InChI is InChI=1S/C16H12Cl2N4O2/c1-3-6-22-15(23)11(8-19)9(2)14(16(22)24)21-20-13-7-10(17)4-5-12(13)18/h3-5,7,23H,1,6H2,2H3. The van der Waals surface area contributed by atoms with Crippen molar-refractivity contribution < 1.29 is 5.11 Å². The van der Waals surface area contributed by atoms with Crippen LogP contribution in [0.1, 0.15) is 11.1 Å². The predicted molar refractivity (Wildman–Crippen MR) is 92.7 cm³/mol. The number of allylic oxidation sites excluding steroid dienone is 1. The van der Waals surface area contributed by atoms with Crippen LogP contribution in [0.3, 0.4) is 0 Å². The molecule has 0 atom stereocenters. The first-order chi connectivity index (χ1) is 11.4. The minimum atomic E-state index is -0.592. The van der Waals surface area contributed by atoms with Gasteiger partial charge in [0.1, 0.15) is 17.3 Å². The molecule has 0 radical (unpaired) electrons. The molecule has 2 rings (SSSR count). The molecule has 0 aliphatic heterocycles. The molecule has 0 saturated heterocycles. The van der Waals surface area contributed by atoms with Crippen molar-refractivity contribution in [2.45, 2.75) is 13.5 Å². The van der Waals surface area contributed by atoms with Gasteiger partial charge in [0.15, 0.2) is 5.69 Å². The van der Waals surface area contributed by atoms with E-state index in [1.165, 1.54) is 19.1 Å². The lowest BCUT2D eigenvalue weighted by molar-refractivity contribution is 0.414. The number of aromatic hydroxyl groups is 1. The van der Waals surface area contributed by atoms with Crippen LogP contribution in [-0.4, -0.2) is 9.67 Å². The fourth-order valence-corrected chi connectivity index (χ4v) is 2.34. The van der Waals surface area contributed by atoms with Crippen molar-refractivity contribution in [1.29, 1.82) is 5.26 Å². The fourth-order valence-electron chi connectivity index (χ4n) is 2.02. The minimum absolute atomic E-state index is 0.0278. The average molecular weight is 363 g/mol. The largest absolute Gasteiger partial charge is 0.493 e. The third-order valence-corrected chi connectivity index (χ3v) is 3.80. The van der Waals surface area contributed by atoms with Crippen molar-refractivity contribution in [3.05, 3.63) is 62.4 Å². The van der Waals surface area contributed by atoms with Crippen LogP contribution in [0.5, 0.6) is 5.88 Å². The van der Waals surface area contributed by atoms with Gasteiger partial charge in [-0.15, -0.1) is 16.8 Å². The van der Waals surface area contributed by atoms with E-state index in [-0.39, 0.29) is 29.0 Å². The van der Waals surface area contributed by atoms with E-state index in [0.717, 1.165) is 4.57 Å². The van der Waals surface area contributed by atoms with Crippen LogP contribution in [0.2, 0.25) is 10.0 Å². The molecule has 122 valence electrons. The lowest BCUT2D eigenvalue weighted by atomic mass is 10.1. The highest BCUT2D eigenvalue weighted by molar-refractivity contribution is 6.35. The summed E-state index contributed by atoms with van der Waals surface area (Å²) in [6, 6.07) is 6.50. The Hall–Kier alpha value is -2.62. The van der Waals surface area contributed by atoms with Crippen LogP contribution in [0.25, 0.3) is 0 Å². The molecule has 0 fully saturated rings. The van der Waals surface area contributed by atoms with Crippen molar-refractivity contribution in [3.8, 4) is 11.9 Å². The van der Waals surface area contributed by atoms with Gasteiger partial charge < -0.3 is 5.11 Å². The summed E-state index contributed by atoms with van der Waals surface area (Å²) in [5.41, 5.74) is -0.206. The van der Waals surface area contributed by atoms with Crippen LogP contribution in [0.15, 0.2) is 45.9 Å². The Balaban J connectivity index is 2.66. The SMILES string of the molecule is C=CCn1c(O)c(C#N)c(C)c(N=Nc2cc(Cl)ccc2Cl)c1=O. The van der Waals surface area contributed by atoms with Crippen LogP contribution < -0.4 is 5.56 Å². The highest BCUT2D eigenvalue weighted by Gasteiger charge is 2.18. The van der Waals surface area contributed by atoms with E-state index < -0.39 is 11.4 Å². The summed E-state index contributed by atoms with van der Waals surface area (Å²) in [6.07, 6.45) is 1.42. The molecule has 0 amide bonds. The van der Waals surface area contributed by atoms with Gasteiger partial charge in [0.2, 0.25) is 5.88 Å². The van der Waals surface area contributed by atoms with Crippen LogP contribution in [0.4, 0.5) is 11.4 Å². The third-order valence-electron chi connectivity index (χ3n) is 3.25. The van der Waals surface area contributed by atoms with Gasteiger partial charge in [-0.2, -0.15) is 5.26 Å². The zero-order valence-corrected chi connectivity index (χ0v) is 14.1. The number of hydrogen-bond donors (Lipinski definition) is 1. The lowest BCUT2D eigenvalue weighted by Crippen LogP contribution is -2.21. The molecule has 0 saturated carbocycles. The molecule has 0 aliphatic carbocycles. The number of aromatic nitrogens is 1. The summed E-state index contributed by atoms with van der Waals surface area (Å²) >= 11 is 11.9. The maximum Gasteiger partial charge on any atom is 0.281 e. The highest BCUT2D eigenvalue weighted by atomic mass is 35.5. The van der Waals surface area contributed by atoms with Crippen molar-refractivity contribution >= 4 is 34.6 Å². The smallest absolute Gasteiger partial charge is 0.281 e. The van der Waals surface area contributed by atoms with Gasteiger partial charge in [0, 0.05) is 17.1 Å². The molecule has 8 heteroatoms. The second-order valence-corrected chi connectivity index (χ2v) is 5.63. The van der Waals surface area contributed by atoms with Gasteiger partial charge in [-0.3, -0.25) is 9.36 Å². The molecule has 24 heavy (non-hydrogen) atoms. The van der Waals surface area contributed by atoms with Crippen LogP contribution in [-0.2, 0) is 6.54 Å². The molecular formula is C16H12Cl2N4O2. The van der Waals surface area contributed by atoms with Crippen molar-refractivity contribution in [2.24, 2.45) is 10.2 Å². The molecular weight excluding hydrogens is 351 g/mol. The number of rotatable bonds is 4. The molecule has 1 N–H and O–H groups in total. The Bertz CT molecular complexity index is 943. The summed E-state index contributed by atoms with van der Waals surface area (Å²) < 4.78 is 0.993. The van der Waals surface area contributed by atoms with Gasteiger partial charge in [-0.1, -0.05) is 29.3 Å². The van der Waals surface area contributed by atoms with E-state index in [1.54, 1.807) is 12.1 Å². The highest BCUT2D eigenvalue weighted by Crippen LogP contribution is 2.31. The summed E-state index contributed by atoms with van der Waals surface area (Å²) in [5, 5.41) is 27.9. The Labute approximate surface area is 147 Å².